The first kappa shape index (κ1) is 21.2. The van der Waals surface area contributed by atoms with Crippen LogP contribution in [-0.2, 0) is 5.41 Å². The van der Waals surface area contributed by atoms with Crippen LogP contribution in [0.15, 0.2) is 72.3 Å². The molecule has 6 rings (SSSR count). The van der Waals surface area contributed by atoms with Crippen LogP contribution in [0, 0.1) is 11.6 Å². The molecule has 1 N–H and O–H groups in total. The molecule has 3 heterocycles. The Balaban J connectivity index is 1.64. The highest BCUT2D eigenvalue weighted by Gasteiger charge is 2.45. The predicted molar refractivity (Wildman–Crippen MR) is 124 cm³/mol. The second kappa shape index (κ2) is 7.56. The van der Waals surface area contributed by atoms with E-state index in [0.29, 0.717) is 23.1 Å². The third-order valence-corrected chi connectivity index (χ3v) is 8.09. The lowest BCUT2D eigenvalue weighted by Crippen LogP contribution is -2.31. The number of aromatic hydroxyl groups is 1. The SMILES string of the molecule is O=c1oc2cc3n(c(=O)c2c(O)c1Sc1ccccc1F)-c1ccc(F)cc1C31CCCCC1. The molecule has 1 aliphatic carbocycles. The number of rotatable bonds is 2. The van der Waals surface area contributed by atoms with E-state index >= 15 is 0 Å². The van der Waals surface area contributed by atoms with Gasteiger partial charge in [-0.2, -0.15) is 0 Å². The van der Waals surface area contributed by atoms with Gasteiger partial charge in [0.15, 0.2) is 5.75 Å². The number of halogens is 2. The fraction of sp³-hybridized carbons (Fsp3) is 0.231. The molecule has 0 unspecified atom stereocenters. The summed E-state index contributed by atoms with van der Waals surface area (Å²) in [5.41, 5.74) is -0.0577. The second-order valence-corrected chi connectivity index (χ2v) is 9.87. The summed E-state index contributed by atoms with van der Waals surface area (Å²) in [6.45, 7) is 0. The second-order valence-electron chi connectivity index (χ2n) is 8.81. The summed E-state index contributed by atoms with van der Waals surface area (Å²) >= 11 is 0.704. The van der Waals surface area contributed by atoms with Gasteiger partial charge in [-0.25, -0.2) is 13.6 Å². The fourth-order valence-corrected chi connectivity index (χ4v) is 6.32. The van der Waals surface area contributed by atoms with Crippen LogP contribution < -0.4 is 11.2 Å². The van der Waals surface area contributed by atoms with Crippen molar-refractivity contribution in [2.75, 3.05) is 0 Å². The van der Waals surface area contributed by atoms with Crippen LogP contribution in [0.3, 0.4) is 0 Å². The average molecular weight is 480 g/mol. The molecule has 0 amide bonds. The zero-order chi connectivity index (χ0) is 23.6. The van der Waals surface area contributed by atoms with E-state index in [-0.39, 0.29) is 26.6 Å². The standard InChI is InChI=1S/C26H19F2NO4S/c27-14-8-9-17-15(12-14)26(10-4-1-5-11-26)20-13-18-21(24(31)29(17)20)22(30)23(25(32)33-18)34-19-7-3-2-6-16(19)28/h2-3,6-9,12-13,30H,1,4-5,10-11H2. The monoisotopic (exact) mass is 479 g/mol. The van der Waals surface area contributed by atoms with Gasteiger partial charge in [0.25, 0.3) is 5.56 Å². The molecule has 5 nitrogen and oxygen atoms in total. The van der Waals surface area contributed by atoms with E-state index in [1.807, 2.05) is 0 Å². The Morgan fingerprint density at radius 2 is 1.76 bits per heavy atom. The molecule has 1 spiro atoms. The number of fused-ring (bicyclic) bond motifs is 6. The zero-order valence-electron chi connectivity index (χ0n) is 17.9. The third-order valence-electron chi connectivity index (χ3n) is 6.97. The van der Waals surface area contributed by atoms with Crippen LogP contribution in [0.5, 0.6) is 5.75 Å². The highest BCUT2D eigenvalue weighted by Crippen LogP contribution is 2.52. The molecule has 34 heavy (non-hydrogen) atoms. The molecule has 1 aliphatic heterocycles. The van der Waals surface area contributed by atoms with Gasteiger partial charge in [-0.15, -0.1) is 0 Å². The fourth-order valence-electron chi connectivity index (χ4n) is 5.47. The third kappa shape index (κ3) is 2.91. The van der Waals surface area contributed by atoms with Crippen molar-refractivity contribution in [3.8, 4) is 11.4 Å². The minimum absolute atomic E-state index is 0.0325. The van der Waals surface area contributed by atoms with Crippen molar-refractivity contribution >= 4 is 22.7 Å². The molecular weight excluding hydrogens is 460 g/mol. The molecule has 2 aromatic carbocycles. The lowest BCUT2D eigenvalue weighted by atomic mass is 9.68. The Hall–Kier alpha value is -3.39. The largest absolute Gasteiger partial charge is 0.505 e. The topological polar surface area (TPSA) is 72.4 Å². The van der Waals surface area contributed by atoms with E-state index in [1.165, 1.54) is 34.9 Å². The Kier molecular flexibility index (Phi) is 4.71. The summed E-state index contributed by atoms with van der Waals surface area (Å²) in [5.74, 6) is -1.49. The van der Waals surface area contributed by atoms with Crippen LogP contribution in [0.4, 0.5) is 8.78 Å². The normalized spacial score (nSPS) is 16.1. The van der Waals surface area contributed by atoms with Gasteiger partial charge in [0.1, 0.15) is 27.5 Å². The molecule has 8 heteroatoms. The van der Waals surface area contributed by atoms with E-state index < -0.39 is 28.2 Å². The Bertz CT molecular complexity index is 1600. The summed E-state index contributed by atoms with van der Waals surface area (Å²) in [6, 6.07) is 11.8. The van der Waals surface area contributed by atoms with E-state index in [2.05, 4.69) is 0 Å². The number of nitrogens with zero attached hydrogens (tertiary/aromatic N) is 1. The van der Waals surface area contributed by atoms with Gasteiger partial charge in [-0.1, -0.05) is 43.2 Å². The van der Waals surface area contributed by atoms with Gasteiger partial charge in [0, 0.05) is 22.1 Å². The first-order valence-electron chi connectivity index (χ1n) is 11.1. The van der Waals surface area contributed by atoms with Crippen LogP contribution >= 0.6 is 11.8 Å². The molecule has 172 valence electrons. The minimum atomic E-state index is -0.859. The van der Waals surface area contributed by atoms with Crippen molar-refractivity contribution in [3.05, 3.63) is 92.2 Å². The lowest BCUT2D eigenvalue weighted by molar-refractivity contribution is 0.345. The van der Waals surface area contributed by atoms with Crippen LogP contribution in [-0.4, -0.2) is 9.67 Å². The first-order chi connectivity index (χ1) is 16.4. The Morgan fingerprint density at radius 3 is 2.53 bits per heavy atom. The number of hydrogen-bond donors (Lipinski definition) is 1. The summed E-state index contributed by atoms with van der Waals surface area (Å²) in [5, 5.41) is 10.9. The van der Waals surface area contributed by atoms with Gasteiger partial charge in [0.2, 0.25) is 0 Å². The smallest absolute Gasteiger partial charge is 0.354 e. The van der Waals surface area contributed by atoms with Crippen molar-refractivity contribution in [2.24, 2.45) is 0 Å². The van der Waals surface area contributed by atoms with Gasteiger partial charge >= 0.3 is 5.63 Å². The van der Waals surface area contributed by atoms with E-state index in [0.717, 1.165) is 37.7 Å². The molecule has 2 aliphatic rings. The lowest BCUT2D eigenvalue weighted by Gasteiger charge is -2.34. The first-order valence-corrected chi connectivity index (χ1v) is 11.9. The molecule has 1 saturated carbocycles. The maximum atomic E-state index is 14.3. The summed E-state index contributed by atoms with van der Waals surface area (Å²) < 4.78 is 35.5. The molecular formula is C26H19F2NO4S. The maximum absolute atomic E-state index is 14.3. The van der Waals surface area contributed by atoms with Gasteiger partial charge < -0.3 is 9.52 Å². The van der Waals surface area contributed by atoms with E-state index in [9.17, 15) is 23.5 Å². The molecule has 0 bridgehead atoms. The van der Waals surface area contributed by atoms with Crippen molar-refractivity contribution in [2.45, 2.75) is 47.3 Å². The van der Waals surface area contributed by atoms with Crippen LogP contribution in [0.2, 0.25) is 0 Å². The quantitative estimate of drug-likeness (QED) is 0.403. The van der Waals surface area contributed by atoms with Crippen LogP contribution in [0.25, 0.3) is 16.7 Å². The van der Waals surface area contributed by atoms with Gasteiger partial charge in [0.05, 0.1) is 5.69 Å². The molecule has 0 saturated heterocycles. The molecule has 4 aromatic rings. The van der Waals surface area contributed by atoms with Crippen molar-refractivity contribution in [3.63, 3.8) is 0 Å². The average Bonchev–Trinajstić information content (AvgIpc) is 3.07. The molecule has 1 fully saturated rings. The van der Waals surface area contributed by atoms with Crippen molar-refractivity contribution in [1.82, 2.24) is 4.57 Å². The number of pyridine rings is 1. The Morgan fingerprint density at radius 1 is 1.00 bits per heavy atom. The molecule has 2 aromatic heterocycles. The van der Waals surface area contributed by atoms with Crippen LogP contribution in [0.1, 0.15) is 43.4 Å². The Labute approximate surface area is 196 Å². The van der Waals surface area contributed by atoms with Crippen molar-refractivity contribution in [1.29, 1.82) is 0 Å². The minimum Gasteiger partial charge on any atom is -0.505 e. The number of hydrogen-bond acceptors (Lipinski definition) is 5. The van der Waals surface area contributed by atoms with E-state index in [4.69, 9.17) is 4.42 Å². The maximum Gasteiger partial charge on any atom is 0.354 e. The van der Waals surface area contributed by atoms with E-state index in [1.54, 1.807) is 18.2 Å². The highest BCUT2D eigenvalue weighted by atomic mass is 32.2. The van der Waals surface area contributed by atoms with Gasteiger partial charge in [-0.3, -0.25) is 9.36 Å². The number of aromatic nitrogens is 1. The van der Waals surface area contributed by atoms with Gasteiger partial charge in [-0.05, 0) is 48.7 Å². The number of benzene rings is 2. The summed E-state index contributed by atoms with van der Waals surface area (Å²) in [6.07, 6.45) is 4.39. The predicted octanol–water partition coefficient (Wildman–Crippen LogP) is 5.64. The van der Waals surface area contributed by atoms with Crippen molar-refractivity contribution < 1.29 is 18.3 Å². The molecule has 0 atom stereocenters. The summed E-state index contributed by atoms with van der Waals surface area (Å²) in [7, 11) is 0. The summed E-state index contributed by atoms with van der Waals surface area (Å²) in [4.78, 5) is 26.4. The highest BCUT2D eigenvalue weighted by molar-refractivity contribution is 7.99. The molecule has 0 radical (unpaired) electrons. The zero-order valence-corrected chi connectivity index (χ0v) is 18.8.